The first-order valence-electron chi connectivity index (χ1n) is 11.7. The van der Waals surface area contributed by atoms with Crippen LogP contribution in [0.2, 0.25) is 0 Å². The SMILES string of the molecule is Cn1ccc(-c2cccc(-n3c4ccccc4c4ccc(-c5cccc6cccnc56)cc43)c2)n1. The van der Waals surface area contributed by atoms with Crippen molar-refractivity contribution in [3.63, 3.8) is 0 Å². The summed E-state index contributed by atoms with van der Waals surface area (Å²) >= 11 is 0. The minimum atomic E-state index is 0.970. The second kappa shape index (κ2) is 7.67. The number of para-hydroxylation sites is 2. The summed E-state index contributed by atoms with van der Waals surface area (Å²) in [6, 6.07) is 36.5. The summed E-state index contributed by atoms with van der Waals surface area (Å²) in [7, 11) is 1.95. The number of rotatable bonds is 3. The Balaban J connectivity index is 1.50. The second-order valence-electron chi connectivity index (χ2n) is 8.89. The molecule has 7 aromatic rings. The van der Waals surface area contributed by atoms with Gasteiger partial charge in [-0.05, 0) is 42.0 Å². The molecule has 4 nitrogen and oxygen atoms in total. The highest BCUT2D eigenvalue weighted by atomic mass is 15.2. The molecule has 0 saturated heterocycles. The zero-order valence-corrected chi connectivity index (χ0v) is 19.3. The van der Waals surface area contributed by atoms with Crippen LogP contribution in [-0.2, 0) is 7.05 Å². The van der Waals surface area contributed by atoms with Crippen molar-refractivity contribution in [2.45, 2.75) is 0 Å². The van der Waals surface area contributed by atoms with Crippen LogP contribution in [0.25, 0.3) is 60.8 Å². The molecule has 0 N–H and O–H groups in total. The van der Waals surface area contributed by atoms with Gasteiger partial charge in [-0.15, -0.1) is 0 Å². The molecule has 3 aromatic heterocycles. The Morgan fingerprint density at radius 1 is 0.657 bits per heavy atom. The van der Waals surface area contributed by atoms with E-state index in [4.69, 9.17) is 4.98 Å². The van der Waals surface area contributed by atoms with Gasteiger partial charge in [0.15, 0.2) is 0 Å². The number of pyridine rings is 1. The smallest absolute Gasteiger partial charge is 0.0923 e. The van der Waals surface area contributed by atoms with Crippen molar-refractivity contribution < 1.29 is 0 Å². The summed E-state index contributed by atoms with van der Waals surface area (Å²) in [4.78, 5) is 4.69. The lowest BCUT2D eigenvalue weighted by molar-refractivity contribution is 0.771. The Morgan fingerprint density at radius 2 is 1.51 bits per heavy atom. The summed E-state index contributed by atoms with van der Waals surface area (Å²) in [5.74, 6) is 0. The highest BCUT2D eigenvalue weighted by Gasteiger charge is 2.15. The second-order valence-corrected chi connectivity index (χ2v) is 8.89. The van der Waals surface area contributed by atoms with Crippen molar-refractivity contribution in [1.82, 2.24) is 19.3 Å². The molecule has 0 saturated carbocycles. The Kier molecular flexibility index (Phi) is 4.33. The molecule has 4 heteroatoms. The van der Waals surface area contributed by atoms with Crippen LogP contribution in [-0.4, -0.2) is 19.3 Å². The molecule has 7 rings (SSSR count). The third kappa shape index (κ3) is 3.15. The van der Waals surface area contributed by atoms with Crippen molar-refractivity contribution in [3.8, 4) is 28.1 Å². The molecule has 0 unspecified atom stereocenters. The van der Waals surface area contributed by atoms with Crippen LogP contribution >= 0.6 is 0 Å². The van der Waals surface area contributed by atoms with E-state index in [1.807, 2.05) is 30.2 Å². The van der Waals surface area contributed by atoms with Gasteiger partial charge in [0, 0.05) is 52.4 Å². The van der Waals surface area contributed by atoms with Crippen LogP contribution in [0.1, 0.15) is 0 Å². The summed E-state index contributed by atoms with van der Waals surface area (Å²) < 4.78 is 4.20. The summed E-state index contributed by atoms with van der Waals surface area (Å²) in [6.07, 6.45) is 3.84. The van der Waals surface area contributed by atoms with E-state index < -0.39 is 0 Å². The summed E-state index contributed by atoms with van der Waals surface area (Å²) in [5.41, 5.74) is 8.88. The van der Waals surface area contributed by atoms with Crippen LogP contribution in [0.5, 0.6) is 0 Å². The number of aromatic nitrogens is 4. The number of aryl methyl sites for hydroxylation is 1. The van der Waals surface area contributed by atoms with Gasteiger partial charge in [-0.1, -0.05) is 66.7 Å². The predicted octanol–water partition coefficient (Wildman–Crippen LogP) is 7.40. The molecular formula is C31H22N4. The minimum absolute atomic E-state index is 0.970. The van der Waals surface area contributed by atoms with Crippen LogP contribution in [0.15, 0.2) is 116 Å². The standard InChI is InChI=1S/C31H22N4/c1-34-18-16-28(33-34)23-8-4-10-24(19-23)35-29-13-3-2-11-26(29)27-15-14-22(20-30(27)35)25-12-5-7-21-9-6-17-32-31(21)25/h2-20H,1H3. The summed E-state index contributed by atoms with van der Waals surface area (Å²) in [6.45, 7) is 0. The van der Waals surface area contributed by atoms with Gasteiger partial charge < -0.3 is 4.57 Å². The van der Waals surface area contributed by atoms with Gasteiger partial charge in [0.25, 0.3) is 0 Å². The fourth-order valence-electron chi connectivity index (χ4n) is 5.13. The molecular weight excluding hydrogens is 428 g/mol. The van der Waals surface area contributed by atoms with Gasteiger partial charge in [0.2, 0.25) is 0 Å². The van der Waals surface area contributed by atoms with E-state index in [0.717, 1.165) is 39.0 Å². The van der Waals surface area contributed by atoms with Crippen LogP contribution in [0, 0.1) is 0 Å². The van der Waals surface area contributed by atoms with Crippen molar-refractivity contribution in [2.24, 2.45) is 7.05 Å². The van der Waals surface area contributed by atoms with E-state index >= 15 is 0 Å². The highest BCUT2D eigenvalue weighted by Crippen LogP contribution is 2.36. The monoisotopic (exact) mass is 450 g/mol. The average Bonchev–Trinajstić information content (AvgIpc) is 3.49. The molecule has 0 aliphatic carbocycles. The van der Waals surface area contributed by atoms with E-state index in [1.54, 1.807) is 0 Å². The normalized spacial score (nSPS) is 11.6. The molecule has 166 valence electrons. The van der Waals surface area contributed by atoms with E-state index in [2.05, 4.69) is 107 Å². The van der Waals surface area contributed by atoms with E-state index in [0.29, 0.717) is 0 Å². The van der Waals surface area contributed by atoms with Crippen molar-refractivity contribution in [2.75, 3.05) is 0 Å². The first-order valence-corrected chi connectivity index (χ1v) is 11.7. The molecule has 35 heavy (non-hydrogen) atoms. The lowest BCUT2D eigenvalue weighted by Gasteiger charge is -2.11. The van der Waals surface area contributed by atoms with Crippen molar-refractivity contribution in [1.29, 1.82) is 0 Å². The Morgan fingerprint density at radius 3 is 2.43 bits per heavy atom. The van der Waals surface area contributed by atoms with Gasteiger partial charge in [0.05, 0.1) is 22.2 Å². The fraction of sp³-hybridized carbons (Fsp3) is 0.0323. The predicted molar refractivity (Wildman–Crippen MR) is 144 cm³/mol. The van der Waals surface area contributed by atoms with Gasteiger partial charge in [-0.2, -0.15) is 5.10 Å². The molecule has 0 aliphatic rings. The highest BCUT2D eigenvalue weighted by molar-refractivity contribution is 6.10. The average molecular weight is 451 g/mol. The van der Waals surface area contributed by atoms with E-state index in [-0.39, 0.29) is 0 Å². The molecule has 0 spiro atoms. The minimum Gasteiger partial charge on any atom is -0.309 e. The first-order chi connectivity index (χ1) is 17.3. The molecule has 3 heterocycles. The topological polar surface area (TPSA) is 35.6 Å². The van der Waals surface area contributed by atoms with Crippen LogP contribution in [0.3, 0.4) is 0 Å². The number of nitrogens with zero attached hydrogens (tertiary/aromatic N) is 4. The number of benzene rings is 4. The van der Waals surface area contributed by atoms with E-state index in [1.165, 1.54) is 21.8 Å². The lowest BCUT2D eigenvalue weighted by atomic mass is 10.0. The lowest BCUT2D eigenvalue weighted by Crippen LogP contribution is -1.95. The van der Waals surface area contributed by atoms with Crippen molar-refractivity contribution in [3.05, 3.63) is 116 Å². The molecule has 0 amide bonds. The molecule has 0 bridgehead atoms. The molecule has 0 aliphatic heterocycles. The largest absolute Gasteiger partial charge is 0.309 e. The number of hydrogen-bond donors (Lipinski definition) is 0. The Hall–Kier alpha value is -4.70. The Bertz CT molecular complexity index is 1870. The molecule has 0 atom stereocenters. The number of hydrogen-bond acceptors (Lipinski definition) is 2. The molecule has 4 aromatic carbocycles. The number of fused-ring (bicyclic) bond motifs is 4. The maximum atomic E-state index is 4.69. The van der Waals surface area contributed by atoms with E-state index in [9.17, 15) is 0 Å². The Labute approximate surface area is 202 Å². The van der Waals surface area contributed by atoms with Crippen LogP contribution < -0.4 is 0 Å². The molecule has 0 fully saturated rings. The van der Waals surface area contributed by atoms with Gasteiger partial charge in [-0.25, -0.2) is 0 Å². The summed E-state index contributed by atoms with van der Waals surface area (Å²) in [5, 5.41) is 8.24. The maximum Gasteiger partial charge on any atom is 0.0923 e. The molecule has 0 radical (unpaired) electrons. The van der Waals surface area contributed by atoms with Crippen LogP contribution in [0.4, 0.5) is 0 Å². The first kappa shape index (κ1) is 19.7. The zero-order chi connectivity index (χ0) is 23.4. The zero-order valence-electron chi connectivity index (χ0n) is 19.3. The van der Waals surface area contributed by atoms with Gasteiger partial charge >= 0.3 is 0 Å². The van der Waals surface area contributed by atoms with Gasteiger partial charge in [0.1, 0.15) is 0 Å². The van der Waals surface area contributed by atoms with Gasteiger partial charge in [-0.3, -0.25) is 9.67 Å². The fourth-order valence-corrected chi connectivity index (χ4v) is 5.13. The quantitative estimate of drug-likeness (QED) is 0.281. The third-order valence-corrected chi connectivity index (χ3v) is 6.73. The third-order valence-electron chi connectivity index (χ3n) is 6.73. The maximum absolute atomic E-state index is 4.69. The van der Waals surface area contributed by atoms with Crippen molar-refractivity contribution >= 4 is 32.7 Å².